The Morgan fingerprint density at radius 1 is 0.968 bits per heavy atom. The van der Waals surface area contributed by atoms with Crippen LogP contribution in [-0.4, -0.2) is 14.7 Å². The van der Waals surface area contributed by atoms with Crippen LogP contribution in [0.15, 0.2) is 96.2 Å². The van der Waals surface area contributed by atoms with E-state index in [1.807, 2.05) is 49.3 Å². The van der Waals surface area contributed by atoms with E-state index in [4.69, 9.17) is 12.2 Å². The fourth-order valence-corrected chi connectivity index (χ4v) is 4.31. The number of anilines is 1. The van der Waals surface area contributed by atoms with Gasteiger partial charge in [0.25, 0.3) is 0 Å². The SMILES string of the molecule is Cc1nccn1-c1ccccc1CNC(=S)Nc1ccc(CSc2ccccc2)cc1. The first kappa shape index (κ1) is 21.2. The summed E-state index contributed by atoms with van der Waals surface area (Å²) < 4.78 is 2.08. The van der Waals surface area contributed by atoms with E-state index in [0.717, 1.165) is 28.5 Å². The van der Waals surface area contributed by atoms with Crippen molar-refractivity contribution in [3.63, 3.8) is 0 Å². The maximum absolute atomic E-state index is 5.51. The summed E-state index contributed by atoms with van der Waals surface area (Å²) in [5.41, 5.74) is 4.52. The van der Waals surface area contributed by atoms with Crippen LogP contribution in [0.1, 0.15) is 17.0 Å². The Kier molecular flexibility index (Phi) is 7.02. The number of aryl methyl sites for hydroxylation is 1. The zero-order chi connectivity index (χ0) is 21.5. The molecular formula is C25H24N4S2. The number of nitrogens with zero attached hydrogens (tertiary/aromatic N) is 2. The lowest BCUT2D eigenvalue weighted by Gasteiger charge is -2.15. The molecule has 0 bridgehead atoms. The molecule has 4 rings (SSSR count). The fourth-order valence-electron chi connectivity index (χ4n) is 3.25. The number of imidazole rings is 1. The average Bonchev–Trinajstić information content (AvgIpc) is 3.24. The molecule has 156 valence electrons. The lowest BCUT2D eigenvalue weighted by molar-refractivity contribution is 0.885. The number of para-hydroxylation sites is 1. The molecular weight excluding hydrogens is 420 g/mol. The van der Waals surface area contributed by atoms with Gasteiger partial charge < -0.3 is 15.2 Å². The Bertz CT molecular complexity index is 1140. The summed E-state index contributed by atoms with van der Waals surface area (Å²) >= 11 is 7.34. The summed E-state index contributed by atoms with van der Waals surface area (Å²) in [5, 5.41) is 7.19. The molecule has 0 saturated heterocycles. The largest absolute Gasteiger partial charge is 0.358 e. The predicted molar refractivity (Wildman–Crippen MR) is 134 cm³/mol. The summed E-state index contributed by atoms with van der Waals surface area (Å²) in [6.45, 7) is 2.63. The molecule has 0 saturated carbocycles. The van der Waals surface area contributed by atoms with E-state index >= 15 is 0 Å². The van der Waals surface area contributed by atoms with E-state index in [-0.39, 0.29) is 0 Å². The molecule has 0 fully saturated rings. The molecule has 4 nitrogen and oxygen atoms in total. The van der Waals surface area contributed by atoms with Crippen molar-refractivity contribution in [2.45, 2.75) is 24.1 Å². The van der Waals surface area contributed by atoms with Gasteiger partial charge >= 0.3 is 0 Å². The first-order valence-corrected chi connectivity index (χ1v) is 11.5. The van der Waals surface area contributed by atoms with Crippen molar-refractivity contribution in [3.05, 3.63) is 108 Å². The minimum atomic E-state index is 0.601. The molecule has 1 heterocycles. The molecule has 0 radical (unpaired) electrons. The summed E-state index contributed by atoms with van der Waals surface area (Å²) in [6.07, 6.45) is 3.79. The second-order valence-electron chi connectivity index (χ2n) is 7.08. The third kappa shape index (κ3) is 5.75. The van der Waals surface area contributed by atoms with Crippen LogP contribution in [-0.2, 0) is 12.3 Å². The highest BCUT2D eigenvalue weighted by atomic mass is 32.2. The van der Waals surface area contributed by atoms with Gasteiger partial charge in [0.2, 0.25) is 0 Å². The summed E-state index contributed by atoms with van der Waals surface area (Å²) in [4.78, 5) is 5.60. The molecule has 1 aromatic heterocycles. The van der Waals surface area contributed by atoms with Gasteiger partial charge in [-0.15, -0.1) is 11.8 Å². The number of nitrogens with one attached hydrogen (secondary N) is 2. The van der Waals surface area contributed by atoms with Crippen LogP contribution in [0.5, 0.6) is 0 Å². The third-order valence-corrected chi connectivity index (χ3v) is 6.21. The van der Waals surface area contributed by atoms with Crippen molar-refractivity contribution >= 4 is 34.8 Å². The highest BCUT2D eigenvalue weighted by Crippen LogP contribution is 2.23. The molecule has 0 aliphatic heterocycles. The number of hydrogen-bond acceptors (Lipinski definition) is 3. The molecule has 6 heteroatoms. The van der Waals surface area contributed by atoms with Crippen molar-refractivity contribution < 1.29 is 0 Å². The molecule has 0 amide bonds. The van der Waals surface area contributed by atoms with Gasteiger partial charge in [-0.05, 0) is 60.6 Å². The number of hydrogen-bond donors (Lipinski definition) is 2. The van der Waals surface area contributed by atoms with Crippen molar-refractivity contribution in [1.29, 1.82) is 0 Å². The second-order valence-corrected chi connectivity index (χ2v) is 8.54. The van der Waals surface area contributed by atoms with Gasteiger partial charge in [0.15, 0.2) is 5.11 Å². The molecule has 31 heavy (non-hydrogen) atoms. The summed E-state index contributed by atoms with van der Waals surface area (Å²) in [5.74, 6) is 1.90. The van der Waals surface area contributed by atoms with E-state index in [9.17, 15) is 0 Å². The van der Waals surface area contributed by atoms with Crippen LogP contribution in [0.2, 0.25) is 0 Å². The molecule has 0 aliphatic carbocycles. The van der Waals surface area contributed by atoms with E-state index in [2.05, 4.69) is 80.8 Å². The third-order valence-electron chi connectivity index (χ3n) is 4.88. The Hall–Kier alpha value is -3.09. The first-order valence-electron chi connectivity index (χ1n) is 10.1. The molecule has 0 unspecified atom stereocenters. The second kappa shape index (κ2) is 10.3. The maximum atomic E-state index is 5.51. The van der Waals surface area contributed by atoms with Gasteiger partial charge in [0, 0.05) is 35.3 Å². The van der Waals surface area contributed by atoms with Crippen molar-refractivity contribution in [2.24, 2.45) is 0 Å². The standard InChI is InChI=1S/C25H24N4S2/c1-19-26-15-16-29(19)24-10-6-5-7-21(24)17-27-25(30)28-22-13-11-20(12-14-22)18-31-23-8-3-2-4-9-23/h2-16H,17-18H2,1H3,(H2,27,28,30). The molecule has 0 spiro atoms. The number of thioether (sulfide) groups is 1. The smallest absolute Gasteiger partial charge is 0.171 e. The average molecular weight is 445 g/mol. The van der Waals surface area contributed by atoms with E-state index in [0.29, 0.717) is 11.7 Å². The predicted octanol–water partition coefficient (Wildman–Crippen LogP) is 5.96. The van der Waals surface area contributed by atoms with Gasteiger partial charge in [0.1, 0.15) is 5.82 Å². The number of thiocarbonyl (C=S) groups is 1. The minimum absolute atomic E-state index is 0.601. The Morgan fingerprint density at radius 3 is 2.45 bits per heavy atom. The van der Waals surface area contributed by atoms with Crippen molar-refractivity contribution in [3.8, 4) is 5.69 Å². The summed E-state index contributed by atoms with van der Waals surface area (Å²) in [7, 11) is 0. The quantitative estimate of drug-likeness (QED) is 0.272. The lowest BCUT2D eigenvalue weighted by atomic mass is 10.1. The number of benzene rings is 3. The molecule has 0 aliphatic rings. The van der Waals surface area contributed by atoms with Gasteiger partial charge in [-0.25, -0.2) is 4.98 Å². The fraction of sp³-hybridized carbons (Fsp3) is 0.120. The van der Waals surface area contributed by atoms with Crippen LogP contribution in [0, 0.1) is 6.92 Å². The van der Waals surface area contributed by atoms with E-state index < -0.39 is 0 Å². The monoisotopic (exact) mass is 444 g/mol. The first-order chi connectivity index (χ1) is 15.2. The summed E-state index contributed by atoms with van der Waals surface area (Å²) in [6, 6.07) is 27.1. The van der Waals surface area contributed by atoms with Gasteiger partial charge in [-0.2, -0.15) is 0 Å². The Balaban J connectivity index is 1.31. The lowest BCUT2D eigenvalue weighted by Crippen LogP contribution is -2.28. The topological polar surface area (TPSA) is 41.9 Å². The van der Waals surface area contributed by atoms with Crippen LogP contribution in [0.3, 0.4) is 0 Å². The van der Waals surface area contributed by atoms with Gasteiger partial charge in [0.05, 0.1) is 5.69 Å². The molecule has 4 aromatic rings. The van der Waals surface area contributed by atoms with Crippen LogP contribution < -0.4 is 10.6 Å². The number of rotatable bonds is 7. The van der Waals surface area contributed by atoms with Crippen LogP contribution in [0.25, 0.3) is 5.69 Å². The van der Waals surface area contributed by atoms with Crippen LogP contribution >= 0.6 is 24.0 Å². The Labute approximate surface area is 192 Å². The maximum Gasteiger partial charge on any atom is 0.171 e. The minimum Gasteiger partial charge on any atom is -0.358 e. The molecule has 2 N–H and O–H groups in total. The Morgan fingerprint density at radius 2 is 1.71 bits per heavy atom. The molecule has 3 aromatic carbocycles. The van der Waals surface area contributed by atoms with Gasteiger partial charge in [-0.1, -0.05) is 48.5 Å². The zero-order valence-electron chi connectivity index (χ0n) is 17.3. The van der Waals surface area contributed by atoms with Gasteiger partial charge in [-0.3, -0.25) is 0 Å². The highest BCUT2D eigenvalue weighted by Gasteiger charge is 2.07. The number of aromatic nitrogens is 2. The normalized spacial score (nSPS) is 10.6. The van der Waals surface area contributed by atoms with Crippen molar-refractivity contribution in [2.75, 3.05) is 5.32 Å². The highest BCUT2D eigenvalue weighted by molar-refractivity contribution is 7.98. The zero-order valence-corrected chi connectivity index (χ0v) is 18.9. The molecule has 0 atom stereocenters. The van der Waals surface area contributed by atoms with Crippen LogP contribution in [0.4, 0.5) is 5.69 Å². The van der Waals surface area contributed by atoms with Crippen molar-refractivity contribution in [1.82, 2.24) is 14.9 Å². The van der Waals surface area contributed by atoms with E-state index in [1.54, 1.807) is 0 Å². The van der Waals surface area contributed by atoms with E-state index in [1.165, 1.54) is 10.5 Å².